The number of rotatable bonds is 5. The monoisotopic (exact) mass is 359 g/mol. The Morgan fingerprint density at radius 1 is 1.15 bits per heavy atom. The zero-order valence-corrected chi connectivity index (χ0v) is 14.7. The van der Waals surface area contributed by atoms with Gasteiger partial charge in [0.1, 0.15) is 12.7 Å². The lowest BCUT2D eigenvalue weighted by atomic mass is 10.1. The van der Waals surface area contributed by atoms with Gasteiger partial charge in [0.15, 0.2) is 0 Å². The van der Waals surface area contributed by atoms with Gasteiger partial charge in [-0.1, -0.05) is 30.3 Å². The summed E-state index contributed by atoms with van der Waals surface area (Å²) in [4.78, 5) is 11.8. The molecule has 0 N–H and O–H groups in total. The summed E-state index contributed by atoms with van der Waals surface area (Å²) < 4.78 is 8.49. The first-order valence-electron chi connectivity index (χ1n) is 8.39. The number of methoxy groups -OCH3 is 1. The van der Waals surface area contributed by atoms with Crippen molar-refractivity contribution in [1.29, 1.82) is 0 Å². The molecule has 0 amide bonds. The molecule has 4 rings (SSSR count). The Morgan fingerprint density at radius 2 is 1.96 bits per heavy atom. The number of aromatic nitrogens is 4. The molecule has 0 saturated heterocycles. The summed E-state index contributed by atoms with van der Waals surface area (Å²) in [6.45, 7) is 0.631. The highest BCUT2D eigenvalue weighted by Crippen LogP contribution is 2.21. The zero-order chi connectivity index (χ0) is 18.6. The van der Waals surface area contributed by atoms with E-state index in [4.69, 9.17) is 4.74 Å². The van der Waals surface area contributed by atoms with Crippen LogP contribution in [0.1, 0.15) is 21.5 Å². The van der Waals surface area contributed by atoms with Crippen molar-refractivity contribution >= 4 is 23.1 Å². The number of hydrogen-bond acceptors (Lipinski definition) is 5. The Morgan fingerprint density at radius 3 is 2.78 bits per heavy atom. The van der Waals surface area contributed by atoms with Crippen LogP contribution in [-0.4, -0.2) is 38.7 Å². The predicted octanol–water partition coefficient (Wildman–Crippen LogP) is 2.95. The lowest BCUT2D eigenvalue weighted by molar-refractivity contribution is 0.0600. The summed E-state index contributed by atoms with van der Waals surface area (Å²) in [6, 6.07) is 15.6. The van der Waals surface area contributed by atoms with E-state index in [1.807, 2.05) is 36.5 Å². The maximum Gasteiger partial charge on any atom is 0.337 e. The van der Waals surface area contributed by atoms with Gasteiger partial charge in [-0.15, -0.1) is 10.2 Å². The standard InChI is InChI=1S/C20H17N5O2/c1-27-20(26)16-6-4-5-15(9-16)11-24-12-17(10-23-25-13-21-22-14-25)18-7-2-3-8-19(18)24/h2-10,12-14H,11H2,1H3/b23-10-. The number of esters is 1. The van der Waals surface area contributed by atoms with Crippen LogP contribution in [0.4, 0.5) is 0 Å². The number of hydrogen-bond donors (Lipinski definition) is 0. The predicted molar refractivity (Wildman–Crippen MR) is 102 cm³/mol. The SMILES string of the molecule is COC(=O)c1cccc(Cn2cc(/C=N\n3cnnc3)c3ccccc32)c1. The molecule has 0 bridgehead atoms. The quantitative estimate of drug-likeness (QED) is 0.406. The topological polar surface area (TPSA) is 74.3 Å². The van der Waals surface area contributed by atoms with Crippen LogP contribution in [0.5, 0.6) is 0 Å². The first-order chi connectivity index (χ1) is 13.2. The molecule has 0 spiro atoms. The molecule has 0 radical (unpaired) electrons. The highest BCUT2D eigenvalue weighted by molar-refractivity contribution is 5.99. The molecule has 2 heterocycles. The van der Waals surface area contributed by atoms with Crippen molar-refractivity contribution in [3.8, 4) is 0 Å². The van der Waals surface area contributed by atoms with Gasteiger partial charge in [0.2, 0.25) is 0 Å². The van der Waals surface area contributed by atoms with E-state index in [-0.39, 0.29) is 5.97 Å². The Kier molecular flexibility index (Phi) is 4.49. The van der Waals surface area contributed by atoms with Gasteiger partial charge in [-0.05, 0) is 23.8 Å². The molecule has 7 heteroatoms. The van der Waals surface area contributed by atoms with Crippen molar-refractivity contribution in [2.45, 2.75) is 6.54 Å². The fraction of sp³-hybridized carbons (Fsp3) is 0.100. The van der Waals surface area contributed by atoms with Crippen molar-refractivity contribution in [3.05, 3.63) is 84.1 Å². The van der Waals surface area contributed by atoms with Gasteiger partial charge in [-0.3, -0.25) is 0 Å². The summed E-state index contributed by atoms with van der Waals surface area (Å²) in [5.74, 6) is -0.337. The Hall–Kier alpha value is -3.74. The molecule has 27 heavy (non-hydrogen) atoms. The fourth-order valence-electron chi connectivity index (χ4n) is 3.00. The molecule has 7 nitrogen and oxygen atoms in total. The molecular weight excluding hydrogens is 342 g/mol. The summed E-state index contributed by atoms with van der Waals surface area (Å²) in [5, 5.41) is 12.9. The molecule has 0 aliphatic rings. The van der Waals surface area contributed by atoms with E-state index >= 15 is 0 Å². The van der Waals surface area contributed by atoms with E-state index in [9.17, 15) is 4.79 Å². The number of para-hydroxylation sites is 1. The first-order valence-corrected chi connectivity index (χ1v) is 8.39. The van der Waals surface area contributed by atoms with Crippen molar-refractivity contribution < 1.29 is 9.53 Å². The number of fused-ring (bicyclic) bond motifs is 1. The molecule has 2 aromatic carbocycles. The third kappa shape index (κ3) is 3.48. The van der Waals surface area contributed by atoms with Crippen molar-refractivity contribution in [3.63, 3.8) is 0 Å². The van der Waals surface area contributed by atoms with E-state index in [2.05, 4.69) is 32.0 Å². The van der Waals surface area contributed by atoms with Gasteiger partial charge < -0.3 is 9.30 Å². The van der Waals surface area contributed by atoms with Crippen LogP contribution in [0.3, 0.4) is 0 Å². The molecule has 2 aromatic heterocycles. The normalized spacial score (nSPS) is 11.3. The largest absolute Gasteiger partial charge is 0.465 e. The molecular formula is C20H17N5O2. The lowest BCUT2D eigenvalue weighted by Gasteiger charge is -2.07. The second kappa shape index (κ2) is 7.25. The van der Waals surface area contributed by atoms with Gasteiger partial charge in [-0.25, -0.2) is 9.47 Å². The third-order valence-corrected chi connectivity index (χ3v) is 4.26. The zero-order valence-electron chi connectivity index (χ0n) is 14.7. The first kappa shape index (κ1) is 16.7. The average Bonchev–Trinajstić information content (AvgIpc) is 3.34. The highest BCUT2D eigenvalue weighted by atomic mass is 16.5. The van der Waals surface area contributed by atoms with E-state index in [1.165, 1.54) is 19.8 Å². The minimum absolute atomic E-state index is 0.337. The average molecular weight is 359 g/mol. The van der Waals surface area contributed by atoms with Crippen molar-refractivity contribution in [2.24, 2.45) is 5.10 Å². The Labute approximate surface area is 155 Å². The second-order valence-corrected chi connectivity index (χ2v) is 6.01. The third-order valence-electron chi connectivity index (χ3n) is 4.26. The highest BCUT2D eigenvalue weighted by Gasteiger charge is 2.09. The minimum atomic E-state index is -0.337. The van der Waals surface area contributed by atoms with Crippen LogP contribution in [0.25, 0.3) is 10.9 Å². The van der Waals surface area contributed by atoms with Gasteiger partial charge >= 0.3 is 5.97 Å². The summed E-state index contributed by atoms with van der Waals surface area (Å²) in [6.07, 6.45) is 6.90. The van der Waals surface area contributed by atoms with Crippen molar-refractivity contribution in [1.82, 2.24) is 19.4 Å². The molecule has 0 atom stereocenters. The van der Waals surface area contributed by atoms with Gasteiger partial charge in [0, 0.05) is 29.2 Å². The van der Waals surface area contributed by atoms with Gasteiger partial charge in [0.25, 0.3) is 0 Å². The van der Waals surface area contributed by atoms with Crippen molar-refractivity contribution in [2.75, 3.05) is 7.11 Å². The number of benzene rings is 2. The van der Waals surface area contributed by atoms with E-state index in [0.717, 1.165) is 22.0 Å². The number of carbonyl (C=O) groups is 1. The number of nitrogens with zero attached hydrogens (tertiary/aromatic N) is 5. The molecule has 0 fully saturated rings. The second-order valence-electron chi connectivity index (χ2n) is 6.01. The van der Waals surface area contributed by atoms with E-state index < -0.39 is 0 Å². The molecule has 0 aliphatic heterocycles. The van der Waals surface area contributed by atoms with Crippen LogP contribution >= 0.6 is 0 Å². The van der Waals surface area contributed by atoms with Crippen LogP contribution in [0, 0.1) is 0 Å². The maximum atomic E-state index is 11.8. The van der Waals surface area contributed by atoms with Crippen LogP contribution in [0.2, 0.25) is 0 Å². The number of ether oxygens (including phenoxy) is 1. The van der Waals surface area contributed by atoms with Crippen LogP contribution in [0.15, 0.2) is 72.5 Å². The molecule has 0 unspecified atom stereocenters. The molecule has 4 aromatic rings. The fourth-order valence-corrected chi connectivity index (χ4v) is 3.00. The smallest absolute Gasteiger partial charge is 0.337 e. The summed E-state index contributed by atoms with van der Waals surface area (Å²) in [5.41, 5.74) is 3.64. The number of carbonyl (C=O) groups excluding carboxylic acids is 1. The van der Waals surface area contributed by atoms with Gasteiger partial charge in [0.05, 0.1) is 18.9 Å². The lowest BCUT2D eigenvalue weighted by Crippen LogP contribution is -2.03. The molecule has 0 saturated carbocycles. The molecule has 0 aliphatic carbocycles. The summed E-state index contributed by atoms with van der Waals surface area (Å²) in [7, 11) is 1.38. The van der Waals surface area contributed by atoms with Crippen LogP contribution < -0.4 is 0 Å². The van der Waals surface area contributed by atoms with E-state index in [1.54, 1.807) is 17.0 Å². The Balaban J connectivity index is 1.69. The Bertz CT molecular complexity index is 1110. The van der Waals surface area contributed by atoms with E-state index in [0.29, 0.717) is 12.1 Å². The summed E-state index contributed by atoms with van der Waals surface area (Å²) >= 11 is 0. The maximum absolute atomic E-state index is 11.8. The molecule has 134 valence electrons. The minimum Gasteiger partial charge on any atom is -0.465 e. The van der Waals surface area contributed by atoms with Crippen LogP contribution in [-0.2, 0) is 11.3 Å². The van der Waals surface area contributed by atoms with Gasteiger partial charge in [-0.2, -0.15) is 5.10 Å².